The fourth-order valence-electron chi connectivity index (χ4n) is 3.90. The van der Waals surface area contributed by atoms with E-state index in [4.69, 9.17) is 0 Å². The third kappa shape index (κ3) is 5.13. The maximum absolute atomic E-state index is 4.60. The van der Waals surface area contributed by atoms with E-state index in [9.17, 15) is 0 Å². The second-order valence-corrected chi connectivity index (χ2v) is 8.27. The molecule has 0 fully saturated rings. The summed E-state index contributed by atoms with van der Waals surface area (Å²) in [5.74, 6) is 1.68. The van der Waals surface area contributed by atoms with Crippen LogP contribution in [0.1, 0.15) is 11.4 Å². The number of rotatable bonds is 4. The fourth-order valence-corrected chi connectivity index (χ4v) is 3.90. The Labute approximate surface area is 210 Å². The molecule has 0 atom stereocenters. The van der Waals surface area contributed by atoms with Gasteiger partial charge in [-0.3, -0.25) is 0 Å². The Morgan fingerprint density at radius 2 is 1.08 bits per heavy atom. The van der Waals surface area contributed by atoms with Crippen LogP contribution in [-0.2, 0) is 0 Å². The average Bonchev–Trinajstić information content (AvgIpc) is 3.54. The molecule has 0 saturated heterocycles. The van der Waals surface area contributed by atoms with Crippen LogP contribution in [-0.4, -0.2) is 29.5 Å². The summed E-state index contributed by atoms with van der Waals surface area (Å²) in [5.41, 5.74) is 6.36. The molecule has 6 aromatic rings. The van der Waals surface area contributed by atoms with Crippen LogP contribution in [0.4, 0.5) is 0 Å². The van der Waals surface area contributed by atoms with E-state index in [1.807, 2.05) is 96.0 Å². The predicted octanol–water partition coefficient (Wildman–Crippen LogP) is 6.49. The molecule has 0 bridgehead atoms. The lowest BCUT2D eigenvalue weighted by molar-refractivity contribution is 0.820. The van der Waals surface area contributed by atoms with Gasteiger partial charge in [0, 0.05) is 29.2 Å². The summed E-state index contributed by atoms with van der Waals surface area (Å²) in [6.45, 7) is 4.03. The summed E-state index contributed by atoms with van der Waals surface area (Å²) in [7, 11) is 0. The Kier molecular flexibility index (Phi) is 6.76. The van der Waals surface area contributed by atoms with Gasteiger partial charge in [0.15, 0.2) is 11.6 Å². The quantitative estimate of drug-likeness (QED) is 0.296. The Morgan fingerprint density at radius 3 is 1.67 bits per heavy atom. The summed E-state index contributed by atoms with van der Waals surface area (Å²) in [5, 5.41) is 9.12. The van der Waals surface area contributed by atoms with E-state index in [0.717, 1.165) is 45.5 Å². The lowest BCUT2D eigenvalue weighted by atomic mass is 10.1. The molecule has 0 saturated carbocycles. The maximum atomic E-state index is 4.60. The highest BCUT2D eigenvalue weighted by Crippen LogP contribution is 2.23. The fraction of sp³-hybridized carbons (Fsp3) is 0.0667. The topological polar surface area (TPSA) is 61.4 Å². The first-order chi connectivity index (χ1) is 17.7. The number of nitrogens with zero attached hydrogens (tertiary/aromatic N) is 6. The molecular formula is C30H26N6. The minimum atomic E-state index is 0.837. The number of aromatic nitrogens is 6. The monoisotopic (exact) mass is 470 g/mol. The maximum Gasteiger partial charge on any atom is 0.153 e. The number of benzene rings is 2. The van der Waals surface area contributed by atoms with E-state index in [1.54, 1.807) is 12.4 Å². The molecule has 4 aromatic heterocycles. The number of hydrogen-bond acceptors (Lipinski definition) is 4. The lowest BCUT2D eigenvalue weighted by Gasteiger charge is -2.05. The van der Waals surface area contributed by atoms with Gasteiger partial charge in [-0.05, 0) is 50.2 Å². The molecule has 0 N–H and O–H groups in total. The van der Waals surface area contributed by atoms with Gasteiger partial charge < -0.3 is 0 Å². The summed E-state index contributed by atoms with van der Waals surface area (Å²) in [6.07, 6.45) is 3.56. The van der Waals surface area contributed by atoms with Crippen molar-refractivity contribution in [2.75, 3.05) is 0 Å². The average molecular weight is 471 g/mol. The van der Waals surface area contributed by atoms with E-state index < -0.39 is 0 Å². The summed E-state index contributed by atoms with van der Waals surface area (Å²) < 4.78 is 3.74. The van der Waals surface area contributed by atoms with Crippen molar-refractivity contribution in [3.63, 3.8) is 0 Å². The van der Waals surface area contributed by atoms with Gasteiger partial charge in [0.1, 0.15) is 0 Å². The van der Waals surface area contributed by atoms with Crippen LogP contribution in [0.15, 0.2) is 122 Å². The zero-order chi connectivity index (χ0) is 24.7. The van der Waals surface area contributed by atoms with Gasteiger partial charge in [-0.1, -0.05) is 72.8 Å². The van der Waals surface area contributed by atoms with Crippen LogP contribution in [0, 0.1) is 13.8 Å². The van der Waals surface area contributed by atoms with Crippen molar-refractivity contribution in [1.82, 2.24) is 29.5 Å². The first-order valence-corrected chi connectivity index (χ1v) is 11.8. The van der Waals surface area contributed by atoms with Crippen molar-refractivity contribution in [3.05, 3.63) is 133 Å². The van der Waals surface area contributed by atoms with Gasteiger partial charge in [0.2, 0.25) is 0 Å². The molecule has 0 aliphatic rings. The smallest absolute Gasteiger partial charge is 0.153 e. The van der Waals surface area contributed by atoms with E-state index in [0.29, 0.717) is 0 Å². The van der Waals surface area contributed by atoms with E-state index in [1.165, 1.54) is 0 Å². The summed E-state index contributed by atoms with van der Waals surface area (Å²) in [6, 6.07) is 36.2. The molecule has 4 heterocycles. The highest BCUT2D eigenvalue weighted by Gasteiger charge is 2.10. The minimum Gasteiger partial charge on any atom is -0.237 e. The van der Waals surface area contributed by atoms with Crippen molar-refractivity contribution in [1.29, 1.82) is 0 Å². The molecule has 6 rings (SSSR count). The molecule has 0 aliphatic carbocycles. The lowest BCUT2D eigenvalue weighted by Crippen LogP contribution is -2.01. The standard InChI is InChI=1S/2C15H13N3/c1-12-11-14(13-7-3-2-4-8-13)17-18(12)15-9-5-6-10-16-15;1-12-11-14(13-7-3-2-4-8-13)18(17-12)15-9-5-6-10-16-15/h2*2-11H,1H3. The molecule has 36 heavy (non-hydrogen) atoms. The normalized spacial score (nSPS) is 10.5. The summed E-state index contributed by atoms with van der Waals surface area (Å²) >= 11 is 0. The van der Waals surface area contributed by atoms with Crippen molar-refractivity contribution in [2.24, 2.45) is 0 Å². The molecule has 0 aliphatic heterocycles. The molecule has 6 nitrogen and oxygen atoms in total. The zero-order valence-corrected chi connectivity index (χ0v) is 20.2. The third-order valence-corrected chi connectivity index (χ3v) is 5.59. The molecule has 0 radical (unpaired) electrons. The van der Waals surface area contributed by atoms with E-state index in [2.05, 4.69) is 56.6 Å². The SMILES string of the molecule is Cc1cc(-c2ccccc2)n(-c2ccccn2)n1.Cc1cc(-c2ccccc2)nn1-c1ccccn1. The van der Waals surface area contributed by atoms with Gasteiger partial charge >= 0.3 is 0 Å². The molecule has 0 spiro atoms. The molecule has 2 aromatic carbocycles. The summed E-state index contributed by atoms with van der Waals surface area (Å²) in [4.78, 5) is 8.67. The highest BCUT2D eigenvalue weighted by molar-refractivity contribution is 5.62. The van der Waals surface area contributed by atoms with Crippen LogP contribution < -0.4 is 0 Å². The van der Waals surface area contributed by atoms with E-state index >= 15 is 0 Å². The molecule has 0 unspecified atom stereocenters. The Morgan fingerprint density at radius 1 is 0.528 bits per heavy atom. The molecule has 0 amide bonds. The van der Waals surface area contributed by atoms with Crippen LogP contribution in [0.25, 0.3) is 34.2 Å². The molecular weight excluding hydrogens is 444 g/mol. The van der Waals surface area contributed by atoms with Crippen molar-refractivity contribution in [2.45, 2.75) is 13.8 Å². The van der Waals surface area contributed by atoms with E-state index in [-0.39, 0.29) is 0 Å². The highest BCUT2D eigenvalue weighted by atomic mass is 15.3. The molecule has 176 valence electrons. The Hall–Kier alpha value is -4.84. The Bertz CT molecular complexity index is 1470. The third-order valence-electron chi connectivity index (χ3n) is 5.59. The Balaban J connectivity index is 0.000000148. The first-order valence-electron chi connectivity index (χ1n) is 11.8. The van der Waals surface area contributed by atoms with Gasteiger partial charge in [-0.2, -0.15) is 10.2 Å². The van der Waals surface area contributed by atoms with Crippen molar-refractivity contribution >= 4 is 0 Å². The van der Waals surface area contributed by atoms with Gasteiger partial charge in [-0.25, -0.2) is 19.3 Å². The number of hydrogen-bond donors (Lipinski definition) is 0. The largest absolute Gasteiger partial charge is 0.237 e. The number of aryl methyl sites for hydroxylation is 2. The second kappa shape index (κ2) is 10.6. The van der Waals surface area contributed by atoms with Gasteiger partial charge in [0.05, 0.1) is 17.1 Å². The van der Waals surface area contributed by atoms with Crippen LogP contribution in [0.5, 0.6) is 0 Å². The first kappa shape index (κ1) is 22.9. The zero-order valence-electron chi connectivity index (χ0n) is 20.2. The van der Waals surface area contributed by atoms with Gasteiger partial charge in [-0.15, -0.1) is 0 Å². The van der Waals surface area contributed by atoms with Crippen LogP contribution in [0.2, 0.25) is 0 Å². The number of pyridine rings is 2. The van der Waals surface area contributed by atoms with Gasteiger partial charge in [0.25, 0.3) is 0 Å². The van der Waals surface area contributed by atoms with Crippen molar-refractivity contribution < 1.29 is 0 Å². The predicted molar refractivity (Wildman–Crippen MR) is 143 cm³/mol. The van der Waals surface area contributed by atoms with Crippen LogP contribution in [0.3, 0.4) is 0 Å². The van der Waals surface area contributed by atoms with Crippen molar-refractivity contribution in [3.8, 4) is 34.2 Å². The minimum absolute atomic E-state index is 0.837. The molecule has 6 heteroatoms. The van der Waals surface area contributed by atoms with Crippen LogP contribution >= 0.6 is 0 Å². The second-order valence-electron chi connectivity index (χ2n) is 8.27.